The number of aryl methyl sites for hydroxylation is 1. The van der Waals surface area contributed by atoms with Crippen LogP contribution in [0.15, 0.2) is 35.7 Å². The van der Waals surface area contributed by atoms with Gasteiger partial charge in [-0.05, 0) is 31.9 Å². The van der Waals surface area contributed by atoms with Gasteiger partial charge in [-0.1, -0.05) is 18.2 Å². The molecular formula is C21H24N4O2S. The van der Waals surface area contributed by atoms with Crippen LogP contribution in [0.3, 0.4) is 0 Å². The fourth-order valence-electron chi connectivity index (χ4n) is 3.73. The first-order chi connectivity index (χ1) is 13.7. The maximum atomic E-state index is 12.4. The molecule has 0 saturated carbocycles. The van der Waals surface area contributed by atoms with E-state index < -0.39 is 0 Å². The third kappa shape index (κ3) is 3.67. The second kappa shape index (κ2) is 8.14. The van der Waals surface area contributed by atoms with Crippen LogP contribution < -0.4 is 5.32 Å². The normalized spacial score (nSPS) is 14.2. The Morgan fingerprint density at radius 2 is 2.18 bits per heavy atom. The molecule has 2 aromatic heterocycles. The standard InChI is InChI=1S/C21H24N4O2S/c1-2-25-17-8-4-3-7-15(17)13-18(25)21-23-16(14-28-21)20(27)22-10-6-12-24-11-5-9-19(24)26/h3-4,7-8,13-14H,2,5-6,9-12H2,1H3,(H,22,27). The largest absolute Gasteiger partial charge is 0.351 e. The van der Waals surface area contributed by atoms with E-state index in [1.807, 2.05) is 22.4 Å². The summed E-state index contributed by atoms with van der Waals surface area (Å²) in [5.41, 5.74) is 2.67. The molecule has 0 atom stereocenters. The molecule has 1 aromatic carbocycles. The molecule has 3 heterocycles. The first-order valence-electron chi connectivity index (χ1n) is 9.77. The van der Waals surface area contributed by atoms with Gasteiger partial charge in [-0.3, -0.25) is 9.59 Å². The van der Waals surface area contributed by atoms with E-state index in [0.29, 0.717) is 25.2 Å². The van der Waals surface area contributed by atoms with Crippen molar-refractivity contribution in [2.75, 3.05) is 19.6 Å². The first-order valence-corrected chi connectivity index (χ1v) is 10.7. The van der Waals surface area contributed by atoms with Crippen molar-refractivity contribution >= 4 is 34.1 Å². The zero-order valence-electron chi connectivity index (χ0n) is 16.0. The van der Waals surface area contributed by atoms with Gasteiger partial charge in [-0.15, -0.1) is 11.3 Å². The number of likely N-dealkylation sites (tertiary alicyclic amines) is 1. The lowest BCUT2D eigenvalue weighted by atomic mass is 10.2. The summed E-state index contributed by atoms with van der Waals surface area (Å²) in [6, 6.07) is 10.4. The van der Waals surface area contributed by atoms with Crippen LogP contribution in [0.5, 0.6) is 0 Å². The lowest BCUT2D eigenvalue weighted by Gasteiger charge is -2.15. The molecule has 0 radical (unpaired) electrons. The lowest BCUT2D eigenvalue weighted by Crippen LogP contribution is -2.30. The fourth-order valence-corrected chi connectivity index (χ4v) is 4.55. The minimum absolute atomic E-state index is 0.158. The Morgan fingerprint density at radius 1 is 1.32 bits per heavy atom. The highest BCUT2D eigenvalue weighted by molar-refractivity contribution is 7.13. The average molecular weight is 397 g/mol. The Kier molecular flexibility index (Phi) is 5.43. The molecular weight excluding hydrogens is 372 g/mol. The van der Waals surface area contributed by atoms with Crippen LogP contribution in [0.4, 0.5) is 0 Å². The molecule has 28 heavy (non-hydrogen) atoms. The number of hydrogen-bond donors (Lipinski definition) is 1. The van der Waals surface area contributed by atoms with Crippen LogP contribution in [-0.2, 0) is 11.3 Å². The molecule has 1 saturated heterocycles. The summed E-state index contributed by atoms with van der Waals surface area (Å²) in [5, 5.41) is 6.76. The lowest BCUT2D eigenvalue weighted by molar-refractivity contribution is -0.127. The van der Waals surface area contributed by atoms with Crippen molar-refractivity contribution in [2.45, 2.75) is 32.7 Å². The van der Waals surface area contributed by atoms with Crippen LogP contribution in [0, 0.1) is 0 Å². The van der Waals surface area contributed by atoms with Crippen molar-refractivity contribution in [3.05, 3.63) is 41.4 Å². The average Bonchev–Trinajstić information content (AvgIpc) is 3.43. The quantitative estimate of drug-likeness (QED) is 0.621. The smallest absolute Gasteiger partial charge is 0.270 e. The summed E-state index contributed by atoms with van der Waals surface area (Å²) < 4.78 is 2.23. The Balaban J connectivity index is 1.40. The maximum absolute atomic E-state index is 12.4. The monoisotopic (exact) mass is 396 g/mol. The van der Waals surface area contributed by atoms with Crippen LogP contribution in [-0.4, -0.2) is 45.9 Å². The number of amides is 2. The number of nitrogens with one attached hydrogen (secondary N) is 1. The Morgan fingerprint density at radius 3 is 2.96 bits per heavy atom. The fraction of sp³-hybridized carbons (Fsp3) is 0.381. The molecule has 1 aliphatic heterocycles. The number of hydrogen-bond acceptors (Lipinski definition) is 4. The van der Waals surface area contributed by atoms with E-state index in [2.05, 4.69) is 40.0 Å². The molecule has 4 rings (SSSR count). The number of benzene rings is 1. The summed E-state index contributed by atoms with van der Waals surface area (Å²) in [6.07, 6.45) is 2.36. The van der Waals surface area contributed by atoms with E-state index in [1.165, 1.54) is 22.2 Å². The highest BCUT2D eigenvalue weighted by atomic mass is 32.1. The summed E-state index contributed by atoms with van der Waals surface area (Å²) in [4.78, 5) is 30.5. The van der Waals surface area contributed by atoms with Crippen LogP contribution >= 0.6 is 11.3 Å². The maximum Gasteiger partial charge on any atom is 0.270 e. The van der Waals surface area contributed by atoms with E-state index in [9.17, 15) is 9.59 Å². The van der Waals surface area contributed by atoms with E-state index in [4.69, 9.17) is 0 Å². The van der Waals surface area contributed by atoms with Crippen molar-refractivity contribution in [2.24, 2.45) is 0 Å². The van der Waals surface area contributed by atoms with E-state index in [-0.39, 0.29) is 11.8 Å². The molecule has 3 aromatic rings. The van der Waals surface area contributed by atoms with E-state index in [1.54, 1.807) is 0 Å². The van der Waals surface area contributed by atoms with Gasteiger partial charge in [0.15, 0.2) is 0 Å². The van der Waals surface area contributed by atoms with Gasteiger partial charge in [-0.25, -0.2) is 4.98 Å². The summed E-state index contributed by atoms with van der Waals surface area (Å²) >= 11 is 1.49. The zero-order valence-corrected chi connectivity index (χ0v) is 16.8. The van der Waals surface area contributed by atoms with Crippen molar-refractivity contribution in [1.29, 1.82) is 0 Å². The number of fused-ring (bicyclic) bond motifs is 1. The molecule has 6 nitrogen and oxygen atoms in total. The Labute approximate surface area is 168 Å². The summed E-state index contributed by atoms with van der Waals surface area (Å²) in [6.45, 7) is 5.05. The minimum atomic E-state index is -0.158. The van der Waals surface area contributed by atoms with Gasteiger partial charge in [0, 0.05) is 48.9 Å². The molecule has 1 fully saturated rings. The van der Waals surface area contributed by atoms with Crippen molar-refractivity contribution in [3.63, 3.8) is 0 Å². The molecule has 0 aliphatic carbocycles. The number of nitrogens with zero attached hydrogens (tertiary/aromatic N) is 3. The summed E-state index contributed by atoms with van der Waals surface area (Å²) in [5.74, 6) is 0.0659. The second-order valence-electron chi connectivity index (χ2n) is 6.96. The SMILES string of the molecule is CCn1c(-c2nc(C(=O)NCCCN3CCCC3=O)cs2)cc2ccccc21. The van der Waals surface area contributed by atoms with E-state index >= 15 is 0 Å². The number of para-hydroxylation sites is 1. The van der Waals surface area contributed by atoms with Crippen molar-refractivity contribution in [1.82, 2.24) is 19.8 Å². The van der Waals surface area contributed by atoms with Gasteiger partial charge < -0.3 is 14.8 Å². The van der Waals surface area contributed by atoms with Gasteiger partial charge in [0.2, 0.25) is 5.91 Å². The van der Waals surface area contributed by atoms with Crippen molar-refractivity contribution in [3.8, 4) is 10.7 Å². The van der Waals surface area contributed by atoms with Gasteiger partial charge in [-0.2, -0.15) is 0 Å². The molecule has 0 unspecified atom stereocenters. The number of carbonyl (C=O) groups is 2. The predicted molar refractivity (Wildman–Crippen MR) is 111 cm³/mol. The van der Waals surface area contributed by atoms with Gasteiger partial charge in [0.05, 0.1) is 5.69 Å². The highest BCUT2D eigenvalue weighted by Gasteiger charge is 2.19. The van der Waals surface area contributed by atoms with E-state index in [0.717, 1.165) is 36.6 Å². The third-order valence-corrected chi connectivity index (χ3v) is 6.01. The molecule has 2 amide bonds. The van der Waals surface area contributed by atoms with Crippen LogP contribution in [0.25, 0.3) is 21.6 Å². The van der Waals surface area contributed by atoms with Gasteiger partial charge in [0.25, 0.3) is 5.91 Å². The Bertz CT molecular complexity index is 1010. The van der Waals surface area contributed by atoms with Gasteiger partial charge >= 0.3 is 0 Å². The topological polar surface area (TPSA) is 67.2 Å². The highest BCUT2D eigenvalue weighted by Crippen LogP contribution is 2.30. The molecule has 146 valence electrons. The van der Waals surface area contributed by atoms with Crippen molar-refractivity contribution < 1.29 is 9.59 Å². The molecule has 1 aliphatic rings. The zero-order chi connectivity index (χ0) is 19.5. The summed E-state index contributed by atoms with van der Waals surface area (Å²) in [7, 11) is 0. The molecule has 0 bridgehead atoms. The number of aromatic nitrogens is 2. The minimum Gasteiger partial charge on any atom is -0.351 e. The number of carbonyl (C=O) groups excluding carboxylic acids is 2. The Hall–Kier alpha value is -2.67. The first kappa shape index (κ1) is 18.7. The third-order valence-electron chi connectivity index (χ3n) is 5.14. The molecule has 7 heteroatoms. The van der Waals surface area contributed by atoms with Crippen LogP contribution in [0.2, 0.25) is 0 Å². The number of rotatable bonds is 7. The predicted octanol–water partition coefficient (Wildman–Crippen LogP) is 3.53. The van der Waals surface area contributed by atoms with Crippen LogP contribution in [0.1, 0.15) is 36.7 Å². The molecule has 0 spiro atoms. The second-order valence-corrected chi connectivity index (χ2v) is 7.82. The number of thiazole rings is 1. The molecule has 1 N–H and O–H groups in total. The van der Waals surface area contributed by atoms with Gasteiger partial charge in [0.1, 0.15) is 10.7 Å².